The van der Waals surface area contributed by atoms with E-state index in [1.54, 1.807) is 0 Å². The van der Waals surface area contributed by atoms with Gasteiger partial charge < -0.3 is 0 Å². The molecule has 1 aromatic heterocycles. The molecule has 0 amide bonds. The lowest BCUT2D eigenvalue weighted by atomic mass is 10.0. The number of benzene rings is 2. The average Bonchev–Trinajstić information content (AvgIpc) is 2.48. The zero-order valence-electron chi connectivity index (χ0n) is 10.0. The summed E-state index contributed by atoms with van der Waals surface area (Å²) in [5, 5.41) is 2.42. The molecule has 0 aliphatic heterocycles. The van der Waals surface area contributed by atoms with Gasteiger partial charge in [0.15, 0.2) is 0 Å². The van der Waals surface area contributed by atoms with E-state index in [9.17, 15) is 0 Å². The van der Waals surface area contributed by atoms with Crippen LogP contribution < -0.4 is 0 Å². The van der Waals surface area contributed by atoms with Crippen molar-refractivity contribution in [1.29, 1.82) is 0 Å². The van der Waals surface area contributed by atoms with Crippen LogP contribution in [-0.2, 0) is 11.6 Å². The first-order valence-electron chi connectivity index (χ1n) is 5.66. The van der Waals surface area contributed by atoms with Gasteiger partial charge in [0.2, 0.25) is 0 Å². The van der Waals surface area contributed by atoms with Crippen molar-refractivity contribution in [3.8, 4) is 11.1 Å². The first-order chi connectivity index (χ1) is 9.35. The van der Waals surface area contributed by atoms with E-state index in [-0.39, 0.29) is 0 Å². The van der Waals surface area contributed by atoms with E-state index in [2.05, 4.69) is 47.4 Å². The molecule has 1 heterocycles. The highest BCUT2D eigenvalue weighted by Gasteiger charge is 1.98. The Bertz CT molecular complexity index is 707. The SMILES string of the molecule is O=S=O.c1ccc(-c2ccc3cnccc3c2)cc1. The van der Waals surface area contributed by atoms with Crippen molar-refractivity contribution in [1.82, 2.24) is 4.98 Å². The molecule has 3 nitrogen and oxygen atoms in total. The highest BCUT2D eigenvalue weighted by molar-refractivity contribution is 7.51. The summed E-state index contributed by atoms with van der Waals surface area (Å²) in [4.78, 5) is 4.12. The fourth-order valence-corrected chi connectivity index (χ4v) is 1.89. The van der Waals surface area contributed by atoms with E-state index < -0.39 is 11.6 Å². The molecule has 0 bridgehead atoms. The van der Waals surface area contributed by atoms with Gasteiger partial charge in [-0.15, -0.1) is 0 Å². The number of aromatic nitrogens is 1. The fourth-order valence-electron chi connectivity index (χ4n) is 1.89. The van der Waals surface area contributed by atoms with Gasteiger partial charge in [0.1, 0.15) is 0 Å². The molecule has 0 saturated heterocycles. The van der Waals surface area contributed by atoms with Gasteiger partial charge in [-0.25, -0.2) is 0 Å². The standard InChI is InChI=1S/C15H11N.O2S/c1-2-4-12(5-3-1)13-6-7-15-11-16-9-8-14(15)10-13;1-3-2/h1-11H;. The van der Waals surface area contributed by atoms with Gasteiger partial charge in [-0.2, -0.15) is 8.42 Å². The Morgan fingerprint density at radius 1 is 0.789 bits per heavy atom. The molecule has 0 saturated carbocycles. The molecule has 4 heteroatoms. The van der Waals surface area contributed by atoms with E-state index in [1.165, 1.54) is 21.9 Å². The number of hydrogen-bond donors (Lipinski definition) is 0. The van der Waals surface area contributed by atoms with E-state index in [1.807, 2.05) is 24.5 Å². The van der Waals surface area contributed by atoms with Crippen LogP contribution in [0, 0.1) is 0 Å². The second kappa shape index (κ2) is 6.56. The summed E-state index contributed by atoms with van der Waals surface area (Å²) in [6, 6.07) is 18.9. The molecule has 0 N–H and O–H groups in total. The quantitative estimate of drug-likeness (QED) is 0.681. The second-order valence-electron chi connectivity index (χ2n) is 3.87. The normalized spacial score (nSPS) is 9.47. The van der Waals surface area contributed by atoms with Gasteiger partial charge >= 0.3 is 11.6 Å². The van der Waals surface area contributed by atoms with Gasteiger partial charge in [0.25, 0.3) is 0 Å². The summed E-state index contributed by atoms with van der Waals surface area (Å²) in [7, 11) is 0. The lowest BCUT2D eigenvalue weighted by Crippen LogP contribution is -1.79. The Balaban J connectivity index is 0.000000408. The van der Waals surface area contributed by atoms with Crippen molar-refractivity contribution in [3.63, 3.8) is 0 Å². The third kappa shape index (κ3) is 3.33. The zero-order valence-corrected chi connectivity index (χ0v) is 10.8. The van der Waals surface area contributed by atoms with Crippen molar-refractivity contribution >= 4 is 22.3 Å². The molecule has 0 unspecified atom stereocenters. The van der Waals surface area contributed by atoms with Gasteiger partial charge in [-0.1, -0.05) is 42.5 Å². The highest BCUT2D eigenvalue weighted by Crippen LogP contribution is 2.23. The van der Waals surface area contributed by atoms with Crippen molar-refractivity contribution in [2.75, 3.05) is 0 Å². The van der Waals surface area contributed by atoms with Gasteiger partial charge in [-0.05, 0) is 28.6 Å². The summed E-state index contributed by atoms with van der Waals surface area (Å²) in [6.45, 7) is 0. The Kier molecular flexibility index (Phi) is 4.53. The van der Waals surface area contributed by atoms with Gasteiger partial charge in [0.05, 0.1) is 0 Å². The number of nitrogens with zero attached hydrogens (tertiary/aromatic N) is 1. The topological polar surface area (TPSA) is 47.0 Å². The number of hydrogen-bond acceptors (Lipinski definition) is 3. The van der Waals surface area contributed by atoms with Crippen LogP contribution in [0.4, 0.5) is 0 Å². The number of pyridine rings is 1. The lowest BCUT2D eigenvalue weighted by Gasteiger charge is -2.03. The van der Waals surface area contributed by atoms with Crippen molar-refractivity contribution in [2.24, 2.45) is 0 Å². The largest absolute Gasteiger partial charge is 0.335 e. The van der Waals surface area contributed by atoms with Crippen LogP contribution in [0.5, 0.6) is 0 Å². The molecule has 0 fully saturated rings. The maximum atomic E-state index is 8.29. The summed E-state index contributed by atoms with van der Waals surface area (Å²) < 4.78 is 16.6. The monoisotopic (exact) mass is 269 g/mol. The molecule has 0 radical (unpaired) electrons. The second-order valence-corrected chi connectivity index (χ2v) is 4.01. The minimum absolute atomic E-state index is 0.750. The highest BCUT2D eigenvalue weighted by atomic mass is 32.1. The molecular weight excluding hydrogens is 258 g/mol. The third-order valence-corrected chi connectivity index (χ3v) is 2.75. The summed E-state index contributed by atoms with van der Waals surface area (Å²) >= 11 is -0.750. The molecule has 0 aliphatic rings. The molecule has 0 aliphatic carbocycles. The summed E-state index contributed by atoms with van der Waals surface area (Å²) in [5.74, 6) is 0. The molecule has 0 atom stereocenters. The molecule has 0 spiro atoms. The Hall–Kier alpha value is -2.33. The fraction of sp³-hybridized carbons (Fsp3) is 0. The first kappa shape index (κ1) is 13.1. The molecule has 3 rings (SSSR count). The van der Waals surface area contributed by atoms with Gasteiger partial charge in [0, 0.05) is 17.8 Å². The first-order valence-corrected chi connectivity index (χ1v) is 6.33. The Morgan fingerprint density at radius 3 is 2.26 bits per heavy atom. The predicted molar refractivity (Wildman–Crippen MR) is 76.1 cm³/mol. The summed E-state index contributed by atoms with van der Waals surface area (Å²) in [5.41, 5.74) is 2.50. The van der Waals surface area contributed by atoms with Crippen molar-refractivity contribution in [3.05, 3.63) is 67.0 Å². The van der Waals surface area contributed by atoms with E-state index >= 15 is 0 Å². The predicted octanol–water partition coefficient (Wildman–Crippen LogP) is 3.23. The van der Waals surface area contributed by atoms with Crippen LogP contribution >= 0.6 is 0 Å². The lowest BCUT2D eigenvalue weighted by molar-refractivity contribution is 0.630. The Morgan fingerprint density at radius 2 is 1.53 bits per heavy atom. The van der Waals surface area contributed by atoms with E-state index in [0.717, 1.165) is 0 Å². The van der Waals surface area contributed by atoms with Crippen LogP contribution in [-0.4, -0.2) is 13.4 Å². The minimum atomic E-state index is -0.750. The zero-order chi connectivity index (χ0) is 13.5. The van der Waals surface area contributed by atoms with Gasteiger partial charge in [-0.3, -0.25) is 4.98 Å². The molecular formula is C15H11NO2S. The molecule has 19 heavy (non-hydrogen) atoms. The van der Waals surface area contributed by atoms with Crippen LogP contribution in [0.15, 0.2) is 67.0 Å². The van der Waals surface area contributed by atoms with Crippen LogP contribution in [0.3, 0.4) is 0 Å². The third-order valence-electron chi connectivity index (χ3n) is 2.75. The molecule has 94 valence electrons. The minimum Gasteiger partial charge on any atom is -0.264 e. The maximum Gasteiger partial charge on any atom is 0.335 e. The number of fused-ring (bicyclic) bond motifs is 1. The molecule has 3 aromatic rings. The smallest absolute Gasteiger partial charge is 0.264 e. The van der Waals surface area contributed by atoms with Crippen molar-refractivity contribution in [2.45, 2.75) is 0 Å². The van der Waals surface area contributed by atoms with Crippen molar-refractivity contribution < 1.29 is 8.42 Å². The maximum absolute atomic E-state index is 8.29. The summed E-state index contributed by atoms with van der Waals surface area (Å²) in [6.07, 6.45) is 3.72. The van der Waals surface area contributed by atoms with Crippen LogP contribution in [0.1, 0.15) is 0 Å². The van der Waals surface area contributed by atoms with E-state index in [0.29, 0.717) is 0 Å². The average molecular weight is 269 g/mol. The number of rotatable bonds is 1. The Labute approximate surface area is 114 Å². The van der Waals surface area contributed by atoms with Crippen LogP contribution in [0.25, 0.3) is 21.9 Å². The molecule has 2 aromatic carbocycles. The van der Waals surface area contributed by atoms with Crippen LogP contribution in [0.2, 0.25) is 0 Å². The van der Waals surface area contributed by atoms with E-state index in [4.69, 9.17) is 8.42 Å².